The van der Waals surface area contributed by atoms with Crippen LogP contribution in [-0.2, 0) is 27.9 Å². The van der Waals surface area contributed by atoms with Gasteiger partial charge >= 0.3 is 13.8 Å². The number of carboxylic acid groups (broad SMARTS) is 1. The fourth-order valence-electron chi connectivity index (χ4n) is 3.25. The van der Waals surface area contributed by atoms with Crippen LogP contribution >= 0.6 is 7.82 Å². The van der Waals surface area contributed by atoms with Gasteiger partial charge in [0.05, 0.1) is 32.5 Å². The van der Waals surface area contributed by atoms with Crippen LogP contribution < -0.4 is 5.73 Å². The molecule has 0 fully saturated rings. The van der Waals surface area contributed by atoms with Crippen molar-refractivity contribution in [2.75, 3.05) is 33.5 Å². The first kappa shape index (κ1) is 33.4. The molecular weight excluding hydrogens is 465 g/mol. The van der Waals surface area contributed by atoms with Gasteiger partial charge in [0.1, 0.15) is 12.1 Å². The van der Waals surface area contributed by atoms with Crippen molar-refractivity contribution in [2.45, 2.75) is 103 Å². The van der Waals surface area contributed by atoms with Crippen LogP contribution in [0.5, 0.6) is 0 Å². The zero-order chi connectivity index (χ0) is 25.8. The summed E-state index contributed by atoms with van der Waals surface area (Å²) in [6, 6.07) is -1.45. The van der Waals surface area contributed by atoms with Crippen molar-refractivity contribution in [3.8, 4) is 0 Å². The topological polar surface area (TPSA) is 158 Å². The Morgan fingerprint density at radius 2 is 1.44 bits per heavy atom. The predicted octanol–water partition coefficient (Wildman–Crippen LogP) is 3.87. The first-order valence-corrected chi connectivity index (χ1v) is 14.0. The number of rotatable bonds is 24. The van der Waals surface area contributed by atoms with Crippen molar-refractivity contribution < 1.29 is 43.0 Å². The Kier molecular flexibility index (Phi) is 20.2. The highest BCUT2D eigenvalue weighted by Crippen LogP contribution is 2.43. The quantitative estimate of drug-likeness (QED) is 0.110. The van der Waals surface area contributed by atoms with Gasteiger partial charge in [-0.15, -0.1) is 0 Å². The summed E-state index contributed by atoms with van der Waals surface area (Å²) in [6.07, 6.45) is 12.3. The largest absolute Gasteiger partial charge is 0.480 e. The number of ether oxygens (including phenoxy) is 2. The van der Waals surface area contributed by atoms with Crippen LogP contribution in [0, 0.1) is 5.92 Å². The van der Waals surface area contributed by atoms with Gasteiger partial charge in [-0.05, 0) is 12.3 Å². The molecule has 0 aliphatic rings. The number of methoxy groups -OCH3 is 1. The van der Waals surface area contributed by atoms with Gasteiger partial charge in [0, 0.05) is 7.11 Å². The van der Waals surface area contributed by atoms with Crippen molar-refractivity contribution in [3.63, 3.8) is 0 Å². The Labute approximate surface area is 205 Å². The minimum Gasteiger partial charge on any atom is -0.480 e. The van der Waals surface area contributed by atoms with Gasteiger partial charge in [0.2, 0.25) is 0 Å². The van der Waals surface area contributed by atoms with Crippen LogP contribution in [0.3, 0.4) is 0 Å². The van der Waals surface area contributed by atoms with Gasteiger partial charge in [0.15, 0.2) is 0 Å². The van der Waals surface area contributed by atoms with E-state index in [1.54, 1.807) is 7.11 Å². The molecule has 0 aromatic heterocycles. The standard InChI is InChI=1S/C23H48NO9P/c1-4-19(2)13-11-9-7-5-6-8-10-12-14-21(30-3)17-31-15-20(25)16-32-34(28,29)33-18-22(24)23(26)27/h19-22,25H,4-18,24H2,1-3H3,(H,26,27)(H,28,29)/t19?,20-,21?,22+/m1/s1. The molecule has 0 aromatic rings. The molecule has 3 unspecified atom stereocenters. The predicted molar refractivity (Wildman–Crippen MR) is 131 cm³/mol. The molecule has 0 saturated heterocycles. The van der Waals surface area contributed by atoms with E-state index >= 15 is 0 Å². The maximum Gasteiger partial charge on any atom is 0.472 e. The Morgan fingerprint density at radius 3 is 1.97 bits per heavy atom. The summed E-state index contributed by atoms with van der Waals surface area (Å²) >= 11 is 0. The van der Waals surface area contributed by atoms with Crippen LogP contribution in [0.2, 0.25) is 0 Å². The first-order chi connectivity index (χ1) is 16.1. The van der Waals surface area contributed by atoms with Gasteiger partial charge in [0.25, 0.3) is 0 Å². The molecule has 0 heterocycles. The van der Waals surface area contributed by atoms with Crippen molar-refractivity contribution >= 4 is 13.8 Å². The van der Waals surface area contributed by atoms with Crippen LogP contribution in [0.15, 0.2) is 0 Å². The Balaban J connectivity index is 3.76. The first-order valence-electron chi connectivity index (χ1n) is 12.5. The summed E-state index contributed by atoms with van der Waals surface area (Å²) in [4.78, 5) is 20.1. The average molecular weight is 514 g/mol. The van der Waals surface area contributed by atoms with E-state index in [4.69, 9.17) is 20.3 Å². The van der Waals surface area contributed by atoms with Crippen LogP contribution in [0.4, 0.5) is 0 Å². The summed E-state index contributed by atoms with van der Waals surface area (Å²) in [7, 11) is -2.90. The molecule has 0 aliphatic heterocycles. The lowest BCUT2D eigenvalue weighted by atomic mass is 9.99. The Morgan fingerprint density at radius 1 is 0.912 bits per heavy atom. The van der Waals surface area contributed by atoms with Gasteiger partial charge in [-0.3, -0.25) is 13.8 Å². The zero-order valence-corrected chi connectivity index (χ0v) is 22.1. The number of phosphoric acid groups is 1. The number of phosphoric ester groups is 1. The molecule has 0 saturated carbocycles. The number of aliphatic hydroxyl groups excluding tert-OH is 1. The second-order valence-corrected chi connectivity index (χ2v) is 10.4. The summed E-state index contributed by atoms with van der Waals surface area (Å²) in [5.74, 6) is -0.520. The van der Waals surface area contributed by atoms with Crippen molar-refractivity contribution in [2.24, 2.45) is 11.7 Å². The molecule has 5 atom stereocenters. The van der Waals surface area contributed by atoms with Crippen LogP contribution in [0.25, 0.3) is 0 Å². The normalized spacial score (nSPS) is 17.1. The molecule has 0 aliphatic carbocycles. The lowest BCUT2D eigenvalue weighted by molar-refractivity contribution is -0.139. The maximum atomic E-state index is 11.7. The molecule has 204 valence electrons. The molecule has 0 rings (SSSR count). The average Bonchev–Trinajstić information content (AvgIpc) is 2.80. The van der Waals surface area contributed by atoms with Gasteiger partial charge in [-0.1, -0.05) is 78.1 Å². The number of carbonyl (C=O) groups is 1. The van der Waals surface area contributed by atoms with E-state index in [0.29, 0.717) is 6.61 Å². The molecule has 5 N–H and O–H groups in total. The third kappa shape index (κ3) is 19.7. The third-order valence-electron chi connectivity index (χ3n) is 5.78. The molecule has 0 amide bonds. The fourth-order valence-corrected chi connectivity index (χ4v) is 4.03. The summed E-state index contributed by atoms with van der Waals surface area (Å²) in [6.45, 7) is 3.57. The molecule has 0 bridgehead atoms. The SMILES string of the molecule is CCC(C)CCCCCCCCCCC(COC[C@@H](O)COP(=O)(O)OC[C@H](N)C(=O)O)OC. The number of carboxylic acids is 1. The van der Waals surface area contributed by atoms with Gasteiger partial charge in [-0.2, -0.15) is 0 Å². The number of nitrogens with two attached hydrogens (primary N) is 1. The van der Waals surface area contributed by atoms with Gasteiger partial charge < -0.3 is 30.3 Å². The number of unbranched alkanes of at least 4 members (excludes halogenated alkanes) is 7. The van der Waals surface area contributed by atoms with E-state index in [9.17, 15) is 19.4 Å². The highest BCUT2D eigenvalue weighted by atomic mass is 31.2. The monoisotopic (exact) mass is 513 g/mol. The summed E-state index contributed by atoms with van der Waals surface area (Å²) < 4.78 is 31.6. The Bertz CT molecular complexity index is 553. The second kappa shape index (κ2) is 20.6. The number of aliphatic carboxylic acids is 1. The molecule has 0 radical (unpaired) electrons. The van der Waals surface area contributed by atoms with Crippen molar-refractivity contribution in [3.05, 3.63) is 0 Å². The van der Waals surface area contributed by atoms with Crippen LogP contribution in [-0.4, -0.2) is 72.9 Å². The summed E-state index contributed by atoms with van der Waals surface area (Å²) in [5.41, 5.74) is 5.19. The van der Waals surface area contributed by atoms with E-state index in [1.165, 1.54) is 51.4 Å². The minimum atomic E-state index is -4.52. The minimum absolute atomic E-state index is 0.0848. The highest BCUT2D eigenvalue weighted by Gasteiger charge is 2.25. The maximum absolute atomic E-state index is 11.7. The smallest absolute Gasteiger partial charge is 0.472 e. The lowest BCUT2D eigenvalue weighted by Crippen LogP contribution is -2.34. The summed E-state index contributed by atoms with van der Waals surface area (Å²) in [5, 5.41) is 18.5. The van der Waals surface area contributed by atoms with E-state index in [0.717, 1.165) is 25.2 Å². The number of aliphatic hydroxyl groups is 1. The molecule has 34 heavy (non-hydrogen) atoms. The molecule has 0 spiro atoms. The number of hydrogen-bond acceptors (Lipinski definition) is 8. The molecular formula is C23H48NO9P. The molecule has 11 heteroatoms. The fraction of sp³-hybridized carbons (Fsp3) is 0.957. The second-order valence-electron chi connectivity index (χ2n) is 8.97. The van der Waals surface area contributed by atoms with E-state index < -0.39 is 39.2 Å². The van der Waals surface area contributed by atoms with E-state index in [1.807, 2.05) is 0 Å². The van der Waals surface area contributed by atoms with Crippen LogP contribution in [0.1, 0.15) is 84.5 Å². The van der Waals surface area contributed by atoms with Gasteiger partial charge in [-0.25, -0.2) is 4.57 Å². The van der Waals surface area contributed by atoms with Crippen molar-refractivity contribution in [1.82, 2.24) is 0 Å². The highest BCUT2D eigenvalue weighted by molar-refractivity contribution is 7.47. The van der Waals surface area contributed by atoms with E-state index in [-0.39, 0.29) is 12.7 Å². The van der Waals surface area contributed by atoms with Crippen molar-refractivity contribution in [1.29, 1.82) is 0 Å². The Hall–Kier alpha value is -0.580. The molecule has 0 aromatic carbocycles. The molecule has 10 nitrogen and oxygen atoms in total. The lowest BCUT2D eigenvalue weighted by Gasteiger charge is -2.18. The third-order valence-corrected chi connectivity index (χ3v) is 6.73. The van der Waals surface area contributed by atoms with E-state index in [2.05, 4.69) is 22.9 Å². The number of hydrogen-bond donors (Lipinski definition) is 4. The zero-order valence-electron chi connectivity index (χ0n) is 21.2.